The number of hydrogen-bond donors (Lipinski definition) is 2. The molecule has 168 valence electrons. The second kappa shape index (κ2) is 8.09. The van der Waals surface area contributed by atoms with E-state index >= 15 is 0 Å². The molecule has 9 nitrogen and oxygen atoms in total. The van der Waals surface area contributed by atoms with Gasteiger partial charge in [0.25, 0.3) is 5.91 Å². The van der Waals surface area contributed by atoms with Crippen LogP contribution in [0.25, 0.3) is 0 Å². The van der Waals surface area contributed by atoms with Crippen molar-refractivity contribution in [3.8, 4) is 0 Å². The number of imide groups is 1. The largest absolute Gasteiger partial charge is 0.416 e. The van der Waals surface area contributed by atoms with Gasteiger partial charge < -0.3 is 15.5 Å². The van der Waals surface area contributed by atoms with Crippen molar-refractivity contribution < 1.29 is 27.6 Å². The predicted molar refractivity (Wildman–Crippen MR) is 107 cm³/mol. The normalized spacial score (nSPS) is 18.1. The predicted octanol–water partition coefficient (Wildman–Crippen LogP) is 2.02. The molecule has 0 bridgehead atoms. The molecule has 1 aromatic heterocycles. The van der Waals surface area contributed by atoms with E-state index < -0.39 is 41.7 Å². The Morgan fingerprint density at radius 1 is 1.12 bits per heavy atom. The first-order valence-electron chi connectivity index (χ1n) is 9.81. The fourth-order valence-electron chi connectivity index (χ4n) is 3.82. The molecule has 12 heteroatoms. The molecule has 0 aliphatic carbocycles. The van der Waals surface area contributed by atoms with Crippen LogP contribution in [0.15, 0.2) is 42.7 Å². The summed E-state index contributed by atoms with van der Waals surface area (Å²) in [4.78, 5) is 48.8. The van der Waals surface area contributed by atoms with E-state index in [2.05, 4.69) is 20.6 Å². The minimum absolute atomic E-state index is 0.0808. The fourth-order valence-corrected chi connectivity index (χ4v) is 3.82. The van der Waals surface area contributed by atoms with E-state index in [4.69, 9.17) is 0 Å². The minimum atomic E-state index is -4.56. The van der Waals surface area contributed by atoms with Gasteiger partial charge in [-0.25, -0.2) is 14.8 Å². The van der Waals surface area contributed by atoms with Crippen molar-refractivity contribution in [3.05, 3.63) is 48.3 Å². The number of anilines is 2. The molecule has 0 atom stereocenters. The van der Waals surface area contributed by atoms with Crippen molar-refractivity contribution in [1.82, 2.24) is 20.2 Å². The lowest BCUT2D eigenvalue weighted by atomic mass is 9.87. The van der Waals surface area contributed by atoms with E-state index in [0.29, 0.717) is 31.9 Å². The van der Waals surface area contributed by atoms with Crippen molar-refractivity contribution in [1.29, 1.82) is 0 Å². The summed E-state index contributed by atoms with van der Waals surface area (Å²) in [7, 11) is 0. The maximum absolute atomic E-state index is 13.0. The summed E-state index contributed by atoms with van der Waals surface area (Å²) in [5.74, 6) is -0.785. The minimum Gasteiger partial charge on any atom is -0.341 e. The van der Waals surface area contributed by atoms with E-state index in [1.54, 1.807) is 18.5 Å². The molecule has 32 heavy (non-hydrogen) atoms. The van der Waals surface area contributed by atoms with Crippen LogP contribution in [0.1, 0.15) is 18.4 Å². The molecule has 2 fully saturated rings. The van der Waals surface area contributed by atoms with Crippen LogP contribution in [0, 0.1) is 0 Å². The summed E-state index contributed by atoms with van der Waals surface area (Å²) in [6, 6.07) is 5.10. The number of alkyl halides is 3. The third-order valence-corrected chi connectivity index (χ3v) is 5.47. The summed E-state index contributed by atoms with van der Waals surface area (Å²) in [6.07, 6.45) is -0.722. The van der Waals surface area contributed by atoms with E-state index in [1.165, 1.54) is 6.07 Å². The SMILES string of the molecule is O=C(CN1C(=O)NC2(CCN(c3ncccn3)CC2)C1=O)Nc1cccc(C(F)(F)F)c1. The standard InChI is InChI=1S/C20H19F3N6O3/c21-20(22,23)13-3-1-4-14(11-13)26-15(30)12-29-16(31)19(27-18(29)32)5-9-28(10-6-19)17-24-7-2-8-25-17/h1-4,7-8,11H,5-6,9-10,12H2,(H,26,30)(H,27,32). The molecule has 3 heterocycles. The monoisotopic (exact) mass is 448 g/mol. The van der Waals surface area contributed by atoms with Crippen LogP contribution >= 0.6 is 0 Å². The van der Waals surface area contributed by atoms with Crippen molar-refractivity contribution in [3.63, 3.8) is 0 Å². The first-order valence-corrected chi connectivity index (χ1v) is 9.81. The molecule has 4 amide bonds. The van der Waals surface area contributed by atoms with Crippen LogP contribution in [-0.2, 0) is 15.8 Å². The highest BCUT2D eigenvalue weighted by Crippen LogP contribution is 2.32. The van der Waals surface area contributed by atoms with Crippen LogP contribution in [0.2, 0.25) is 0 Å². The van der Waals surface area contributed by atoms with Crippen molar-refractivity contribution in [2.45, 2.75) is 24.6 Å². The van der Waals surface area contributed by atoms with Crippen molar-refractivity contribution in [2.75, 3.05) is 29.9 Å². The number of amides is 4. The van der Waals surface area contributed by atoms with E-state index in [0.717, 1.165) is 23.1 Å². The Balaban J connectivity index is 1.39. The number of rotatable bonds is 4. The number of aromatic nitrogens is 2. The second-order valence-corrected chi connectivity index (χ2v) is 7.57. The Bertz CT molecular complexity index is 1040. The lowest BCUT2D eigenvalue weighted by Crippen LogP contribution is -2.55. The topological polar surface area (TPSA) is 108 Å². The molecule has 2 aromatic rings. The number of carbonyl (C=O) groups excluding carboxylic acids is 3. The highest BCUT2D eigenvalue weighted by molar-refractivity contribution is 6.10. The zero-order valence-corrected chi connectivity index (χ0v) is 16.7. The first-order chi connectivity index (χ1) is 15.2. The van der Waals surface area contributed by atoms with Gasteiger partial charge in [-0.15, -0.1) is 0 Å². The summed E-state index contributed by atoms with van der Waals surface area (Å²) < 4.78 is 38.5. The van der Waals surface area contributed by atoms with Crippen LogP contribution in [0.3, 0.4) is 0 Å². The number of hydrogen-bond acceptors (Lipinski definition) is 6. The second-order valence-electron chi connectivity index (χ2n) is 7.57. The van der Waals surface area contributed by atoms with Crippen LogP contribution in [0.5, 0.6) is 0 Å². The Labute approximate surface area is 180 Å². The summed E-state index contributed by atoms with van der Waals surface area (Å²) in [5.41, 5.74) is -2.13. The molecular weight excluding hydrogens is 429 g/mol. The van der Waals surface area contributed by atoms with E-state index in [1.807, 2.05) is 4.90 Å². The quantitative estimate of drug-likeness (QED) is 0.693. The molecular formula is C20H19F3N6O3. The Morgan fingerprint density at radius 3 is 2.47 bits per heavy atom. The van der Waals surface area contributed by atoms with Gasteiger partial charge in [-0.05, 0) is 37.1 Å². The van der Waals surface area contributed by atoms with Gasteiger partial charge in [-0.3, -0.25) is 14.5 Å². The highest BCUT2D eigenvalue weighted by Gasteiger charge is 2.52. The van der Waals surface area contributed by atoms with E-state index in [9.17, 15) is 27.6 Å². The Hall–Kier alpha value is -3.70. The van der Waals surface area contributed by atoms with Crippen LogP contribution in [-0.4, -0.2) is 57.9 Å². The molecule has 0 saturated carbocycles. The zero-order valence-electron chi connectivity index (χ0n) is 16.7. The summed E-state index contributed by atoms with van der Waals surface area (Å²) >= 11 is 0. The lowest BCUT2D eigenvalue weighted by Gasteiger charge is -2.37. The van der Waals surface area contributed by atoms with Gasteiger partial charge in [-0.2, -0.15) is 13.2 Å². The molecule has 0 radical (unpaired) electrons. The number of benzene rings is 1. The number of halogens is 3. The van der Waals surface area contributed by atoms with Gasteiger partial charge >= 0.3 is 12.2 Å². The number of carbonyl (C=O) groups is 3. The molecule has 2 N–H and O–H groups in total. The maximum atomic E-state index is 13.0. The number of nitrogens with one attached hydrogen (secondary N) is 2. The van der Waals surface area contributed by atoms with Crippen molar-refractivity contribution >= 4 is 29.5 Å². The molecule has 1 spiro atoms. The van der Waals surface area contributed by atoms with Gasteiger partial charge in [0.15, 0.2) is 0 Å². The van der Waals surface area contributed by atoms with Gasteiger partial charge in [0.1, 0.15) is 12.1 Å². The highest BCUT2D eigenvalue weighted by atomic mass is 19.4. The number of nitrogens with zero attached hydrogens (tertiary/aromatic N) is 4. The zero-order chi connectivity index (χ0) is 22.9. The molecule has 0 unspecified atom stereocenters. The lowest BCUT2D eigenvalue weighted by molar-refractivity contribution is -0.137. The van der Waals surface area contributed by atoms with E-state index in [-0.39, 0.29) is 5.69 Å². The average molecular weight is 448 g/mol. The summed E-state index contributed by atoms with van der Waals surface area (Å²) in [5, 5.41) is 4.99. The first kappa shape index (κ1) is 21.5. The molecule has 4 rings (SSSR count). The number of piperidine rings is 1. The number of urea groups is 1. The molecule has 2 aliphatic rings. The third-order valence-electron chi connectivity index (χ3n) is 5.47. The molecule has 2 aliphatic heterocycles. The van der Waals surface area contributed by atoms with Crippen molar-refractivity contribution in [2.24, 2.45) is 0 Å². The Morgan fingerprint density at radius 2 is 1.81 bits per heavy atom. The fraction of sp³-hybridized carbons (Fsp3) is 0.350. The van der Waals surface area contributed by atoms with Gasteiger partial charge in [-0.1, -0.05) is 6.07 Å². The average Bonchev–Trinajstić information content (AvgIpc) is 2.98. The third kappa shape index (κ3) is 4.20. The summed E-state index contributed by atoms with van der Waals surface area (Å²) in [6.45, 7) is 0.259. The Kier molecular flexibility index (Phi) is 5.45. The van der Waals surface area contributed by atoms with Crippen LogP contribution < -0.4 is 15.5 Å². The smallest absolute Gasteiger partial charge is 0.341 e. The van der Waals surface area contributed by atoms with Crippen LogP contribution in [0.4, 0.5) is 29.6 Å². The molecule has 1 aromatic carbocycles. The van der Waals surface area contributed by atoms with Gasteiger partial charge in [0, 0.05) is 31.2 Å². The van der Waals surface area contributed by atoms with Gasteiger partial charge in [0.05, 0.1) is 5.56 Å². The maximum Gasteiger partial charge on any atom is 0.416 e. The van der Waals surface area contributed by atoms with Gasteiger partial charge in [0.2, 0.25) is 11.9 Å². The molecule has 2 saturated heterocycles.